The van der Waals surface area contributed by atoms with E-state index in [0.717, 1.165) is 22.9 Å². The van der Waals surface area contributed by atoms with Crippen molar-refractivity contribution in [3.05, 3.63) is 52.5 Å². The largest absolute Gasteiger partial charge is 0.337 e. The van der Waals surface area contributed by atoms with Gasteiger partial charge < -0.3 is 4.57 Å². The van der Waals surface area contributed by atoms with Crippen molar-refractivity contribution in [2.75, 3.05) is 0 Å². The number of thioether (sulfide) groups is 1. The maximum atomic E-state index is 6.20. The molecule has 2 aromatic rings. The highest BCUT2D eigenvalue weighted by Gasteiger charge is 2.14. The minimum absolute atomic E-state index is 0.546. The van der Waals surface area contributed by atoms with Crippen LogP contribution < -0.4 is 0 Å². The first kappa shape index (κ1) is 15.7. The molecule has 108 valence electrons. The molecular weight excluding hydrogens is 311 g/mol. The molecule has 0 spiro atoms. The summed E-state index contributed by atoms with van der Waals surface area (Å²) >= 11 is 14.0. The summed E-state index contributed by atoms with van der Waals surface area (Å²) in [7, 11) is 0. The van der Waals surface area contributed by atoms with Gasteiger partial charge in [0.1, 0.15) is 0 Å². The molecule has 1 heterocycles. The van der Waals surface area contributed by atoms with E-state index < -0.39 is 0 Å². The lowest BCUT2D eigenvalue weighted by molar-refractivity contribution is 0.478. The third-order valence-corrected chi connectivity index (χ3v) is 5.43. The van der Waals surface area contributed by atoms with Crippen molar-refractivity contribution < 1.29 is 0 Å². The number of hydrogen-bond donors (Lipinski definition) is 0. The van der Waals surface area contributed by atoms with E-state index in [4.69, 9.17) is 23.2 Å². The van der Waals surface area contributed by atoms with Gasteiger partial charge in [-0.1, -0.05) is 43.1 Å². The van der Waals surface area contributed by atoms with E-state index in [0.29, 0.717) is 16.2 Å². The van der Waals surface area contributed by atoms with E-state index in [1.807, 2.05) is 42.6 Å². The lowest BCUT2D eigenvalue weighted by Crippen LogP contribution is -2.16. The predicted molar refractivity (Wildman–Crippen MR) is 88.6 cm³/mol. The van der Waals surface area contributed by atoms with Crippen molar-refractivity contribution in [1.82, 2.24) is 9.55 Å². The van der Waals surface area contributed by atoms with Gasteiger partial charge >= 0.3 is 0 Å². The molecule has 20 heavy (non-hydrogen) atoms. The normalized spacial score (nSPS) is 14.2. The summed E-state index contributed by atoms with van der Waals surface area (Å²) < 4.78 is 2.12. The first-order valence-electron chi connectivity index (χ1n) is 6.57. The Labute approximate surface area is 134 Å². The van der Waals surface area contributed by atoms with Crippen molar-refractivity contribution in [2.24, 2.45) is 5.92 Å². The molecule has 2 rings (SSSR count). The molecule has 0 saturated carbocycles. The molecule has 0 saturated heterocycles. The first-order valence-corrected chi connectivity index (χ1v) is 8.38. The fourth-order valence-electron chi connectivity index (χ4n) is 1.90. The number of nitrogens with zero attached hydrogens (tertiary/aromatic N) is 2. The monoisotopic (exact) mass is 328 g/mol. The van der Waals surface area contributed by atoms with Gasteiger partial charge in [0.25, 0.3) is 0 Å². The third kappa shape index (κ3) is 4.44. The Hall–Kier alpha value is -0.640. The van der Waals surface area contributed by atoms with Crippen molar-refractivity contribution in [2.45, 2.75) is 31.4 Å². The molecular formula is C15H18Cl2N2S. The summed E-state index contributed by atoms with van der Waals surface area (Å²) in [6, 6.07) is 5.70. The van der Waals surface area contributed by atoms with Crippen molar-refractivity contribution in [1.29, 1.82) is 0 Å². The number of aromatic nitrogens is 2. The smallest absolute Gasteiger partial charge is 0.0946 e. The molecule has 0 bridgehead atoms. The van der Waals surface area contributed by atoms with E-state index >= 15 is 0 Å². The SMILES string of the molecule is CC(Cn1ccnc1)C(C)SCc1ccc(Cl)cc1Cl. The summed E-state index contributed by atoms with van der Waals surface area (Å²) in [6.45, 7) is 5.51. The molecule has 0 aliphatic heterocycles. The van der Waals surface area contributed by atoms with Crippen LogP contribution >= 0.6 is 35.0 Å². The zero-order valence-electron chi connectivity index (χ0n) is 11.6. The summed E-state index contributed by atoms with van der Waals surface area (Å²) in [5.41, 5.74) is 1.14. The minimum atomic E-state index is 0.546. The van der Waals surface area contributed by atoms with Crippen LogP contribution in [-0.4, -0.2) is 14.8 Å². The molecule has 0 aliphatic carbocycles. The van der Waals surface area contributed by atoms with Gasteiger partial charge in [0.15, 0.2) is 0 Å². The number of rotatable bonds is 6. The Morgan fingerprint density at radius 2 is 2.10 bits per heavy atom. The van der Waals surface area contributed by atoms with Gasteiger partial charge in [-0.25, -0.2) is 4.98 Å². The second-order valence-electron chi connectivity index (χ2n) is 4.99. The second kappa shape index (κ2) is 7.39. The number of benzene rings is 1. The van der Waals surface area contributed by atoms with E-state index in [1.54, 1.807) is 6.07 Å². The topological polar surface area (TPSA) is 17.8 Å². The van der Waals surface area contributed by atoms with E-state index in [2.05, 4.69) is 23.4 Å². The molecule has 2 unspecified atom stereocenters. The van der Waals surface area contributed by atoms with Crippen LogP contribution in [0.2, 0.25) is 10.0 Å². The number of imidazole rings is 1. The van der Waals surface area contributed by atoms with Gasteiger partial charge in [-0.3, -0.25) is 0 Å². The Kier molecular flexibility index (Phi) is 5.82. The third-order valence-electron chi connectivity index (χ3n) is 3.38. The highest BCUT2D eigenvalue weighted by atomic mass is 35.5. The molecule has 0 amide bonds. The van der Waals surface area contributed by atoms with Crippen molar-refractivity contribution in [3.8, 4) is 0 Å². The maximum absolute atomic E-state index is 6.20. The maximum Gasteiger partial charge on any atom is 0.0946 e. The van der Waals surface area contributed by atoms with Crippen LogP contribution in [0, 0.1) is 5.92 Å². The standard InChI is InChI=1S/C15H18Cl2N2S/c1-11(8-19-6-5-18-10-19)12(2)20-9-13-3-4-14(16)7-15(13)17/h3-7,10-12H,8-9H2,1-2H3. The van der Waals surface area contributed by atoms with E-state index in [9.17, 15) is 0 Å². The van der Waals surface area contributed by atoms with Gasteiger partial charge in [-0.2, -0.15) is 11.8 Å². The molecule has 5 heteroatoms. The summed E-state index contributed by atoms with van der Waals surface area (Å²) in [6.07, 6.45) is 5.69. The lowest BCUT2D eigenvalue weighted by atomic mass is 10.1. The zero-order chi connectivity index (χ0) is 14.5. The average Bonchev–Trinajstić information content (AvgIpc) is 2.90. The Balaban J connectivity index is 1.86. The van der Waals surface area contributed by atoms with Crippen LogP contribution in [0.25, 0.3) is 0 Å². The van der Waals surface area contributed by atoms with Crippen LogP contribution in [-0.2, 0) is 12.3 Å². The van der Waals surface area contributed by atoms with Crippen LogP contribution in [0.15, 0.2) is 36.9 Å². The van der Waals surface area contributed by atoms with Crippen LogP contribution in [0.4, 0.5) is 0 Å². The first-order chi connectivity index (χ1) is 9.56. The minimum Gasteiger partial charge on any atom is -0.337 e. The van der Waals surface area contributed by atoms with Crippen LogP contribution in [0.1, 0.15) is 19.4 Å². The Bertz CT molecular complexity index is 543. The molecule has 0 aliphatic rings. The van der Waals surface area contributed by atoms with Gasteiger partial charge in [0.2, 0.25) is 0 Å². The van der Waals surface area contributed by atoms with Crippen LogP contribution in [0.3, 0.4) is 0 Å². The molecule has 0 N–H and O–H groups in total. The van der Waals surface area contributed by atoms with Gasteiger partial charge in [0.05, 0.1) is 6.33 Å². The second-order valence-corrected chi connectivity index (χ2v) is 7.20. The fraction of sp³-hybridized carbons (Fsp3) is 0.400. The molecule has 0 radical (unpaired) electrons. The molecule has 2 nitrogen and oxygen atoms in total. The molecule has 1 aromatic heterocycles. The predicted octanol–water partition coefficient (Wildman–Crippen LogP) is 5.15. The molecule has 2 atom stereocenters. The van der Waals surface area contributed by atoms with Gasteiger partial charge in [-0.05, 0) is 23.6 Å². The summed E-state index contributed by atoms with van der Waals surface area (Å²) in [5, 5.41) is 1.98. The Morgan fingerprint density at radius 1 is 1.30 bits per heavy atom. The van der Waals surface area contributed by atoms with Crippen LogP contribution in [0.5, 0.6) is 0 Å². The summed E-state index contributed by atoms with van der Waals surface area (Å²) in [5.74, 6) is 1.48. The van der Waals surface area contributed by atoms with Crippen molar-refractivity contribution >= 4 is 35.0 Å². The van der Waals surface area contributed by atoms with E-state index in [-0.39, 0.29) is 0 Å². The average molecular weight is 329 g/mol. The molecule has 1 aromatic carbocycles. The zero-order valence-corrected chi connectivity index (χ0v) is 13.9. The number of hydrogen-bond acceptors (Lipinski definition) is 2. The Morgan fingerprint density at radius 3 is 2.75 bits per heavy atom. The summed E-state index contributed by atoms with van der Waals surface area (Å²) in [4.78, 5) is 4.07. The van der Waals surface area contributed by atoms with Gasteiger partial charge in [0, 0.05) is 40.0 Å². The van der Waals surface area contributed by atoms with Crippen molar-refractivity contribution in [3.63, 3.8) is 0 Å². The lowest BCUT2D eigenvalue weighted by Gasteiger charge is -2.20. The number of halogens is 2. The quantitative estimate of drug-likeness (QED) is 0.729. The fourth-order valence-corrected chi connectivity index (χ4v) is 3.56. The molecule has 0 fully saturated rings. The highest BCUT2D eigenvalue weighted by Crippen LogP contribution is 2.29. The highest BCUT2D eigenvalue weighted by molar-refractivity contribution is 7.99. The van der Waals surface area contributed by atoms with E-state index in [1.165, 1.54) is 0 Å². The van der Waals surface area contributed by atoms with Gasteiger partial charge in [-0.15, -0.1) is 0 Å².